The highest BCUT2D eigenvalue weighted by molar-refractivity contribution is 7.10. The Kier molecular flexibility index (Phi) is 7.03. The van der Waals surface area contributed by atoms with Crippen LogP contribution in [0.4, 0.5) is 5.69 Å². The van der Waals surface area contributed by atoms with E-state index in [1.54, 1.807) is 30.4 Å². The van der Waals surface area contributed by atoms with Crippen molar-refractivity contribution in [1.82, 2.24) is 9.80 Å². The van der Waals surface area contributed by atoms with Gasteiger partial charge in [-0.3, -0.25) is 19.7 Å². The molecule has 4 rings (SSSR count). The summed E-state index contributed by atoms with van der Waals surface area (Å²) in [5.74, 6) is -0.535. The zero-order valence-corrected chi connectivity index (χ0v) is 21.2. The van der Waals surface area contributed by atoms with Crippen LogP contribution in [0.15, 0.2) is 53.9 Å². The lowest BCUT2D eigenvalue weighted by molar-refractivity contribution is -0.385. The minimum Gasteiger partial charge on any atom is -0.330 e. The summed E-state index contributed by atoms with van der Waals surface area (Å²) in [4.78, 5) is 42.6. The molecule has 8 heteroatoms. The minimum atomic E-state index is -0.491. The van der Waals surface area contributed by atoms with Crippen molar-refractivity contribution in [3.05, 3.63) is 96.7 Å². The van der Waals surface area contributed by atoms with E-state index in [4.69, 9.17) is 0 Å². The van der Waals surface area contributed by atoms with Crippen LogP contribution in [0.25, 0.3) is 0 Å². The first-order valence-corrected chi connectivity index (χ1v) is 12.5. The third-order valence-electron chi connectivity index (χ3n) is 6.52. The number of hydrogen-bond donors (Lipinski definition) is 0. The first-order valence-electron chi connectivity index (χ1n) is 11.7. The molecule has 0 bridgehead atoms. The van der Waals surface area contributed by atoms with Crippen LogP contribution in [0, 0.1) is 24.0 Å². The predicted octanol–water partition coefficient (Wildman–Crippen LogP) is 5.30. The molecule has 1 unspecified atom stereocenters. The van der Waals surface area contributed by atoms with Gasteiger partial charge in [0.2, 0.25) is 5.91 Å². The van der Waals surface area contributed by atoms with Gasteiger partial charge in [0.1, 0.15) is 6.54 Å². The van der Waals surface area contributed by atoms with Crippen molar-refractivity contribution in [3.63, 3.8) is 0 Å². The van der Waals surface area contributed by atoms with Gasteiger partial charge in [-0.1, -0.05) is 35.9 Å². The summed E-state index contributed by atoms with van der Waals surface area (Å²) in [5, 5.41) is 13.4. The van der Waals surface area contributed by atoms with Gasteiger partial charge in [0.05, 0.1) is 11.0 Å². The van der Waals surface area contributed by atoms with E-state index >= 15 is 0 Å². The number of nitro groups is 1. The molecule has 0 fully saturated rings. The molecule has 2 heterocycles. The molecule has 0 radical (unpaired) electrons. The number of benzene rings is 2. The fraction of sp³-hybridized carbons (Fsp3) is 0.333. The molecule has 0 spiro atoms. The highest BCUT2D eigenvalue weighted by Crippen LogP contribution is 2.38. The van der Waals surface area contributed by atoms with Crippen LogP contribution in [0.2, 0.25) is 0 Å². The third kappa shape index (κ3) is 4.98. The van der Waals surface area contributed by atoms with Crippen LogP contribution in [-0.2, 0) is 11.2 Å². The Hall–Kier alpha value is -3.52. The van der Waals surface area contributed by atoms with Gasteiger partial charge in [-0.25, -0.2) is 0 Å². The molecule has 1 aliphatic rings. The SMILES string of the molecule is Cc1ccc(C2c3ccsc3CCN2C(=O)CN(C(=O)c2ccc(C)c([N+](=O)[O-])c2)C(C)C)cc1. The van der Waals surface area contributed by atoms with E-state index < -0.39 is 10.8 Å². The predicted molar refractivity (Wildman–Crippen MR) is 137 cm³/mol. The van der Waals surface area contributed by atoms with Gasteiger partial charge < -0.3 is 9.80 Å². The maximum absolute atomic E-state index is 13.7. The van der Waals surface area contributed by atoms with Gasteiger partial charge in [0.15, 0.2) is 0 Å². The summed E-state index contributed by atoms with van der Waals surface area (Å²) in [7, 11) is 0. The van der Waals surface area contributed by atoms with Gasteiger partial charge in [-0.05, 0) is 62.8 Å². The average molecular weight is 492 g/mol. The molecule has 35 heavy (non-hydrogen) atoms. The van der Waals surface area contributed by atoms with Crippen molar-refractivity contribution >= 4 is 28.8 Å². The summed E-state index contributed by atoms with van der Waals surface area (Å²) in [6, 6.07) is 14.3. The summed E-state index contributed by atoms with van der Waals surface area (Å²) >= 11 is 1.71. The average Bonchev–Trinajstić information content (AvgIpc) is 3.31. The lowest BCUT2D eigenvalue weighted by Crippen LogP contribution is -2.48. The molecule has 0 aliphatic carbocycles. The lowest BCUT2D eigenvalue weighted by atomic mass is 9.92. The Morgan fingerprint density at radius 3 is 2.51 bits per heavy atom. The fourth-order valence-corrected chi connectivity index (χ4v) is 5.43. The fourth-order valence-electron chi connectivity index (χ4n) is 4.52. The van der Waals surface area contributed by atoms with Crippen LogP contribution in [0.3, 0.4) is 0 Å². The normalized spacial score (nSPS) is 15.1. The molecular formula is C27H29N3O4S. The smallest absolute Gasteiger partial charge is 0.273 e. The summed E-state index contributed by atoms with van der Waals surface area (Å²) in [6.07, 6.45) is 0.779. The van der Waals surface area contributed by atoms with Crippen LogP contribution in [0.5, 0.6) is 0 Å². The number of carbonyl (C=O) groups is 2. The highest BCUT2D eigenvalue weighted by atomic mass is 32.1. The molecule has 0 saturated heterocycles. The topological polar surface area (TPSA) is 83.8 Å². The number of nitrogens with zero attached hydrogens (tertiary/aromatic N) is 3. The van der Waals surface area contributed by atoms with Crippen molar-refractivity contribution in [3.8, 4) is 0 Å². The Labute approximate surface area is 209 Å². The minimum absolute atomic E-state index is 0.0972. The molecule has 1 atom stereocenters. The van der Waals surface area contributed by atoms with Gasteiger partial charge >= 0.3 is 0 Å². The first kappa shape index (κ1) is 24.6. The van der Waals surface area contributed by atoms with E-state index in [-0.39, 0.29) is 35.8 Å². The zero-order chi connectivity index (χ0) is 25.3. The summed E-state index contributed by atoms with van der Waals surface area (Å²) in [5.41, 5.74) is 3.91. The number of aryl methyl sites for hydroxylation is 2. The first-order chi connectivity index (χ1) is 16.7. The van der Waals surface area contributed by atoms with Crippen LogP contribution < -0.4 is 0 Å². The van der Waals surface area contributed by atoms with E-state index in [9.17, 15) is 19.7 Å². The van der Waals surface area contributed by atoms with Crippen LogP contribution >= 0.6 is 11.3 Å². The largest absolute Gasteiger partial charge is 0.330 e. The molecule has 1 aliphatic heterocycles. The zero-order valence-electron chi connectivity index (χ0n) is 20.4. The number of fused-ring (bicyclic) bond motifs is 1. The van der Waals surface area contributed by atoms with Crippen LogP contribution in [0.1, 0.15) is 57.4 Å². The highest BCUT2D eigenvalue weighted by Gasteiger charge is 2.34. The maximum Gasteiger partial charge on any atom is 0.273 e. The summed E-state index contributed by atoms with van der Waals surface area (Å²) < 4.78 is 0. The second kappa shape index (κ2) is 10.00. The number of thiophene rings is 1. The second-order valence-electron chi connectivity index (χ2n) is 9.23. The number of carbonyl (C=O) groups excluding carboxylic acids is 2. The van der Waals surface area contributed by atoms with Crippen molar-refractivity contribution in [2.24, 2.45) is 0 Å². The molecule has 7 nitrogen and oxygen atoms in total. The summed E-state index contributed by atoms with van der Waals surface area (Å²) in [6.45, 7) is 7.83. The van der Waals surface area contributed by atoms with Crippen LogP contribution in [-0.4, -0.2) is 45.7 Å². The molecule has 1 aromatic heterocycles. The Balaban J connectivity index is 1.63. The van der Waals surface area contributed by atoms with E-state index in [2.05, 4.69) is 23.6 Å². The number of amides is 2. The van der Waals surface area contributed by atoms with Crippen molar-refractivity contribution in [2.45, 2.75) is 46.2 Å². The van der Waals surface area contributed by atoms with Gasteiger partial charge in [0, 0.05) is 34.7 Å². The Morgan fingerprint density at radius 2 is 1.86 bits per heavy atom. The quantitative estimate of drug-likeness (QED) is 0.346. The van der Waals surface area contributed by atoms with Gasteiger partial charge in [-0.15, -0.1) is 11.3 Å². The van der Waals surface area contributed by atoms with Crippen molar-refractivity contribution in [1.29, 1.82) is 0 Å². The number of rotatable bonds is 6. The Morgan fingerprint density at radius 1 is 1.14 bits per heavy atom. The second-order valence-corrected chi connectivity index (χ2v) is 10.2. The molecule has 0 N–H and O–H groups in total. The van der Waals surface area contributed by atoms with E-state index in [1.165, 1.54) is 15.8 Å². The van der Waals surface area contributed by atoms with E-state index in [1.807, 2.05) is 37.8 Å². The molecule has 2 aromatic carbocycles. The van der Waals surface area contributed by atoms with Crippen molar-refractivity contribution < 1.29 is 14.5 Å². The Bertz CT molecular complexity index is 1270. The molecule has 0 saturated carbocycles. The molecule has 2 amide bonds. The third-order valence-corrected chi connectivity index (χ3v) is 7.52. The maximum atomic E-state index is 13.7. The molecular weight excluding hydrogens is 462 g/mol. The number of nitro benzene ring substituents is 1. The van der Waals surface area contributed by atoms with Gasteiger partial charge in [0.25, 0.3) is 11.6 Å². The van der Waals surface area contributed by atoms with Gasteiger partial charge in [-0.2, -0.15) is 0 Å². The van der Waals surface area contributed by atoms with Crippen molar-refractivity contribution in [2.75, 3.05) is 13.1 Å². The van der Waals surface area contributed by atoms with E-state index in [0.717, 1.165) is 23.1 Å². The standard InChI is InChI=1S/C27H29N3O4S/c1-17(2)29(27(32)21-10-7-19(4)23(15-21)30(33)34)16-25(31)28-13-11-24-22(12-14-35-24)26(28)20-8-5-18(3)6-9-20/h5-10,12,14-15,17,26H,11,13,16H2,1-4H3. The monoisotopic (exact) mass is 491 g/mol. The lowest BCUT2D eigenvalue weighted by Gasteiger charge is -2.38. The number of hydrogen-bond acceptors (Lipinski definition) is 5. The molecule has 3 aromatic rings. The van der Waals surface area contributed by atoms with E-state index in [0.29, 0.717) is 12.1 Å². The molecule has 182 valence electrons.